The summed E-state index contributed by atoms with van der Waals surface area (Å²) < 4.78 is 63.5. The van der Waals surface area contributed by atoms with Crippen molar-refractivity contribution >= 4 is 33.0 Å². The number of piperidine rings is 1. The maximum absolute atomic E-state index is 12.6. The number of hydrogen-bond acceptors (Lipinski definition) is 4. The zero-order valence-corrected chi connectivity index (χ0v) is 12.8. The molecule has 20 heavy (non-hydrogen) atoms. The highest BCUT2D eigenvalue weighted by Crippen LogP contribution is 2.37. The van der Waals surface area contributed by atoms with E-state index in [-0.39, 0.29) is 40.3 Å². The predicted molar refractivity (Wildman–Crippen MR) is 69.4 cm³/mol. The fourth-order valence-electron chi connectivity index (χ4n) is 2.13. The first-order valence-electron chi connectivity index (χ1n) is 5.82. The van der Waals surface area contributed by atoms with Gasteiger partial charge in [0.15, 0.2) is 8.68 Å². The molecule has 0 bridgehead atoms. The Balaban J connectivity index is 2.16. The molecule has 1 aliphatic rings. The Labute approximate surface area is 123 Å². The van der Waals surface area contributed by atoms with Gasteiger partial charge in [-0.2, -0.15) is 17.5 Å². The molecule has 0 spiro atoms. The number of halogens is 4. The molecule has 1 aliphatic heterocycles. The van der Waals surface area contributed by atoms with Crippen LogP contribution in [0.3, 0.4) is 0 Å². The van der Waals surface area contributed by atoms with Crippen molar-refractivity contribution in [1.29, 1.82) is 0 Å². The van der Waals surface area contributed by atoms with E-state index in [1.54, 1.807) is 0 Å². The van der Waals surface area contributed by atoms with Gasteiger partial charge < -0.3 is 0 Å². The number of sulfonamides is 1. The van der Waals surface area contributed by atoms with E-state index in [1.807, 2.05) is 0 Å². The van der Waals surface area contributed by atoms with Crippen LogP contribution >= 0.6 is 22.9 Å². The highest BCUT2D eigenvalue weighted by atomic mass is 35.5. The van der Waals surface area contributed by atoms with E-state index in [4.69, 9.17) is 11.6 Å². The second-order valence-electron chi connectivity index (χ2n) is 4.56. The smallest absolute Gasteiger partial charge is 0.229 e. The van der Waals surface area contributed by atoms with Crippen LogP contribution in [0.25, 0.3) is 0 Å². The zero-order chi connectivity index (χ0) is 15.1. The summed E-state index contributed by atoms with van der Waals surface area (Å²) in [6.45, 7) is 1.24. The maximum Gasteiger partial charge on any atom is 0.391 e. The lowest BCUT2D eigenvalue weighted by Crippen LogP contribution is -2.42. The molecule has 114 valence electrons. The maximum atomic E-state index is 12.6. The van der Waals surface area contributed by atoms with E-state index in [1.165, 1.54) is 6.92 Å². The summed E-state index contributed by atoms with van der Waals surface area (Å²) in [7, 11) is -3.80. The molecule has 1 saturated heterocycles. The summed E-state index contributed by atoms with van der Waals surface area (Å²) in [5.41, 5.74) is 0.276. The largest absolute Gasteiger partial charge is 0.391 e. The summed E-state index contributed by atoms with van der Waals surface area (Å²) in [6, 6.07) is 0. The summed E-state index contributed by atoms with van der Waals surface area (Å²) in [6.07, 6.45) is -4.69. The van der Waals surface area contributed by atoms with Gasteiger partial charge in [-0.15, -0.1) is 0 Å². The van der Waals surface area contributed by atoms with Crippen LogP contribution in [-0.2, 0) is 10.0 Å². The van der Waals surface area contributed by atoms with Crippen molar-refractivity contribution in [2.45, 2.75) is 30.2 Å². The third-order valence-corrected chi connectivity index (χ3v) is 6.97. The normalized spacial score (nSPS) is 19.4. The molecule has 0 N–H and O–H groups in total. The zero-order valence-electron chi connectivity index (χ0n) is 10.4. The van der Waals surface area contributed by atoms with Crippen molar-refractivity contribution in [3.05, 3.63) is 10.2 Å². The SMILES string of the molecule is Cc1nc(Cl)sc1S(=O)(=O)N1CCC(C(F)(F)F)CC1. The van der Waals surface area contributed by atoms with E-state index >= 15 is 0 Å². The molecule has 2 rings (SSSR count). The van der Waals surface area contributed by atoms with Crippen LogP contribution in [0.1, 0.15) is 18.5 Å². The molecule has 0 atom stereocenters. The first kappa shape index (κ1) is 16.0. The van der Waals surface area contributed by atoms with Gasteiger partial charge in [0.25, 0.3) is 10.0 Å². The molecule has 10 heteroatoms. The Morgan fingerprint density at radius 1 is 1.35 bits per heavy atom. The number of nitrogens with zero attached hydrogens (tertiary/aromatic N) is 2. The van der Waals surface area contributed by atoms with Gasteiger partial charge in [-0.25, -0.2) is 13.4 Å². The number of hydrogen-bond donors (Lipinski definition) is 0. The summed E-state index contributed by atoms with van der Waals surface area (Å²) in [4.78, 5) is 3.82. The molecule has 0 unspecified atom stereocenters. The van der Waals surface area contributed by atoms with Crippen molar-refractivity contribution < 1.29 is 21.6 Å². The first-order chi connectivity index (χ1) is 9.12. The molecule has 1 fully saturated rings. The molecular weight excluding hydrogens is 337 g/mol. The monoisotopic (exact) mass is 348 g/mol. The molecule has 0 aromatic carbocycles. The van der Waals surface area contributed by atoms with Crippen molar-refractivity contribution in [3.63, 3.8) is 0 Å². The van der Waals surface area contributed by atoms with Gasteiger partial charge in [-0.05, 0) is 19.8 Å². The van der Waals surface area contributed by atoms with Gasteiger partial charge in [-0.1, -0.05) is 22.9 Å². The number of aromatic nitrogens is 1. The second kappa shape index (κ2) is 5.43. The summed E-state index contributed by atoms with van der Waals surface area (Å²) in [5.74, 6) is -1.43. The molecule has 0 radical (unpaired) electrons. The number of aryl methyl sites for hydroxylation is 1. The van der Waals surface area contributed by atoms with Gasteiger partial charge in [-0.3, -0.25) is 0 Å². The van der Waals surface area contributed by atoms with E-state index in [2.05, 4.69) is 4.98 Å². The number of thiazole rings is 1. The van der Waals surface area contributed by atoms with Gasteiger partial charge in [0.2, 0.25) is 0 Å². The van der Waals surface area contributed by atoms with E-state index in [0.29, 0.717) is 0 Å². The van der Waals surface area contributed by atoms with Crippen LogP contribution in [0, 0.1) is 12.8 Å². The van der Waals surface area contributed by atoms with Crippen molar-refractivity contribution in [2.75, 3.05) is 13.1 Å². The van der Waals surface area contributed by atoms with E-state index < -0.39 is 22.1 Å². The van der Waals surface area contributed by atoms with Crippen molar-refractivity contribution in [1.82, 2.24) is 9.29 Å². The lowest BCUT2D eigenvalue weighted by molar-refractivity contribution is -0.182. The Bertz CT molecular complexity index is 592. The van der Waals surface area contributed by atoms with Gasteiger partial charge in [0.05, 0.1) is 11.6 Å². The summed E-state index contributed by atoms with van der Waals surface area (Å²) in [5, 5.41) is 0. The fraction of sp³-hybridized carbons (Fsp3) is 0.700. The highest BCUT2D eigenvalue weighted by Gasteiger charge is 2.43. The molecule has 1 aromatic rings. The van der Waals surface area contributed by atoms with Crippen LogP contribution in [0.2, 0.25) is 4.47 Å². The van der Waals surface area contributed by atoms with Crippen molar-refractivity contribution in [2.24, 2.45) is 5.92 Å². The minimum absolute atomic E-state index is 0.00737. The average Bonchev–Trinajstić information content (AvgIpc) is 2.68. The Hall–Kier alpha value is -0.380. The minimum Gasteiger partial charge on any atom is -0.229 e. The molecule has 0 aliphatic carbocycles. The Morgan fingerprint density at radius 2 is 1.90 bits per heavy atom. The van der Waals surface area contributed by atoms with Crippen LogP contribution in [-0.4, -0.2) is 37.0 Å². The van der Waals surface area contributed by atoms with Crippen LogP contribution in [0.15, 0.2) is 4.21 Å². The van der Waals surface area contributed by atoms with Crippen molar-refractivity contribution in [3.8, 4) is 0 Å². The lowest BCUT2D eigenvalue weighted by atomic mass is 9.98. The number of alkyl halides is 3. The standard InChI is InChI=1S/C10H12ClF3N2O2S2/c1-6-8(19-9(11)15-6)20(17,18)16-4-2-7(3-5-16)10(12,13)14/h7H,2-5H2,1H3. The topological polar surface area (TPSA) is 50.3 Å². The minimum atomic E-state index is -4.26. The average molecular weight is 349 g/mol. The van der Waals surface area contributed by atoms with Gasteiger partial charge >= 0.3 is 6.18 Å². The second-order valence-corrected chi connectivity index (χ2v) is 8.27. The molecule has 4 nitrogen and oxygen atoms in total. The van der Waals surface area contributed by atoms with E-state index in [0.717, 1.165) is 15.6 Å². The third kappa shape index (κ3) is 3.10. The quantitative estimate of drug-likeness (QED) is 0.825. The first-order valence-corrected chi connectivity index (χ1v) is 8.45. The highest BCUT2D eigenvalue weighted by molar-refractivity contribution is 7.91. The van der Waals surface area contributed by atoms with Crippen LogP contribution in [0.5, 0.6) is 0 Å². The molecule has 1 aromatic heterocycles. The van der Waals surface area contributed by atoms with Gasteiger partial charge in [0, 0.05) is 13.1 Å². The lowest BCUT2D eigenvalue weighted by Gasteiger charge is -2.31. The van der Waals surface area contributed by atoms with Crippen LogP contribution in [0.4, 0.5) is 13.2 Å². The van der Waals surface area contributed by atoms with Gasteiger partial charge in [0.1, 0.15) is 0 Å². The predicted octanol–water partition coefficient (Wildman–Crippen LogP) is 3.07. The summed E-state index contributed by atoms with van der Waals surface area (Å²) >= 11 is 6.49. The van der Waals surface area contributed by atoms with E-state index in [9.17, 15) is 21.6 Å². The molecule has 0 saturated carbocycles. The Morgan fingerprint density at radius 3 is 2.30 bits per heavy atom. The molecule has 0 amide bonds. The fourth-order valence-corrected chi connectivity index (χ4v) is 5.47. The molecular formula is C10H12ClF3N2O2S2. The number of rotatable bonds is 2. The third-order valence-electron chi connectivity index (χ3n) is 3.22. The van der Waals surface area contributed by atoms with Crippen LogP contribution < -0.4 is 0 Å². The molecule has 2 heterocycles. The Kier molecular flexibility index (Phi) is 4.35.